The molecule has 1 aliphatic carbocycles. The number of nitrogens with zero attached hydrogens (tertiary/aromatic N) is 3. The van der Waals surface area contributed by atoms with Gasteiger partial charge in [-0.25, -0.2) is 4.98 Å². The first-order chi connectivity index (χ1) is 12.1. The van der Waals surface area contributed by atoms with E-state index in [1.54, 1.807) is 0 Å². The molecule has 4 aromatic rings. The molecule has 3 aromatic heterocycles. The van der Waals surface area contributed by atoms with Crippen molar-refractivity contribution in [2.75, 3.05) is 5.73 Å². The highest BCUT2D eigenvalue weighted by atomic mass is 16.3. The van der Waals surface area contributed by atoms with Crippen LogP contribution in [-0.2, 0) is 0 Å². The van der Waals surface area contributed by atoms with Crippen LogP contribution in [0.2, 0.25) is 0 Å². The summed E-state index contributed by atoms with van der Waals surface area (Å²) in [5.41, 5.74) is 11.6. The SMILES string of the molecule is Cc1ccc(-c2cccc3c(N)c4c(O)n(C5CC5)cc4nc23)cn1. The second-order valence-electron chi connectivity index (χ2n) is 6.77. The maximum Gasteiger partial charge on any atom is 0.203 e. The largest absolute Gasteiger partial charge is 0.494 e. The van der Waals surface area contributed by atoms with Gasteiger partial charge in [0.05, 0.1) is 22.1 Å². The Kier molecular flexibility index (Phi) is 2.83. The van der Waals surface area contributed by atoms with Crippen molar-refractivity contribution in [2.24, 2.45) is 0 Å². The minimum absolute atomic E-state index is 0.229. The first-order valence-electron chi connectivity index (χ1n) is 8.48. The lowest BCUT2D eigenvalue weighted by atomic mass is 10.0. The summed E-state index contributed by atoms with van der Waals surface area (Å²) >= 11 is 0. The maximum absolute atomic E-state index is 10.6. The van der Waals surface area contributed by atoms with Gasteiger partial charge in [-0.2, -0.15) is 0 Å². The normalized spacial score (nSPS) is 14.4. The van der Waals surface area contributed by atoms with E-state index in [0.29, 0.717) is 17.1 Å². The van der Waals surface area contributed by atoms with E-state index in [-0.39, 0.29) is 5.88 Å². The first-order valence-corrected chi connectivity index (χ1v) is 8.48. The van der Waals surface area contributed by atoms with Crippen LogP contribution in [-0.4, -0.2) is 19.6 Å². The van der Waals surface area contributed by atoms with Crippen molar-refractivity contribution in [3.05, 3.63) is 48.4 Å². The van der Waals surface area contributed by atoms with Crippen LogP contribution in [0.25, 0.3) is 32.9 Å². The number of benzene rings is 1. The van der Waals surface area contributed by atoms with E-state index >= 15 is 0 Å². The van der Waals surface area contributed by atoms with Crippen molar-refractivity contribution in [3.63, 3.8) is 0 Å². The standard InChI is InChI=1S/C20H18N4O/c1-11-5-6-12(9-22-11)14-3-2-4-15-18(21)17-16(23-19(14)15)10-24(20(17)25)13-7-8-13/h2-6,9-10,13,25H,7-8,21H2,1H3. The summed E-state index contributed by atoms with van der Waals surface area (Å²) in [4.78, 5) is 9.23. The minimum Gasteiger partial charge on any atom is -0.494 e. The Bertz CT molecular complexity index is 1120. The molecule has 0 radical (unpaired) electrons. The van der Waals surface area contributed by atoms with E-state index in [0.717, 1.165) is 46.1 Å². The molecule has 0 atom stereocenters. The molecule has 3 heterocycles. The molecule has 5 rings (SSSR count). The van der Waals surface area contributed by atoms with Gasteiger partial charge < -0.3 is 15.4 Å². The molecule has 1 fully saturated rings. The second kappa shape index (κ2) is 4.96. The Labute approximate surface area is 144 Å². The molecule has 1 aromatic carbocycles. The summed E-state index contributed by atoms with van der Waals surface area (Å²) < 4.78 is 1.90. The van der Waals surface area contributed by atoms with Gasteiger partial charge in [0.1, 0.15) is 0 Å². The fourth-order valence-electron chi connectivity index (χ4n) is 3.47. The van der Waals surface area contributed by atoms with Crippen molar-refractivity contribution >= 4 is 27.5 Å². The van der Waals surface area contributed by atoms with E-state index in [1.165, 1.54) is 0 Å². The molecule has 5 heteroatoms. The maximum atomic E-state index is 10.6. The van der Waals surface area contributed by atoms with Crippen LogP contribution in [0.3, 0.4) is 0 Å². The molecular formula is C20H18N4O. The summed E-state index contributed by atoms with van der Waals surface area (Å²) in [6, 6.07) is 10.4. The van der Waals surface area contributed by atoms with Gasteiger partial charge in [0.2, 0.25) is 5.88 Å². The topological polar surface area (TPSA) is 77.0 Å². The Balaban J connectivity index is 1.83. The Morgan fingerprint density at radius 2 is 2.04 bits per heavy atom. The fraction of sp³-hybridized carbons (Fsp3) is 0.200. The number of nitrogens with two attached hydrogens (primary N) is 1. The molecule has 1 aliphatic rings. The first kappa shape index (κ1) is 14.3. The lowest BCUT2D eigenvalue weighted by Crippen LogP contribution is -1.93. The number of rotatable bonds is 2. The minimum atomic E-state index is 0.229. The summed E-state index contributed by atoms with van der Waals surface area (Å²) in [6.07, 6.45) is 5.96. The molecule has 0 spiro atoms. The van der Waals surface area contributed by atoms with E-state index in [1.807, 2.05) is 54.2 Å². The van der Waals surface area contributed by atoms with Gasteiger partial charge >= 0.3 is 0 Å². The number of para-hydroxylation sites is 1. The van der Waals surface area contributed by atoms with Gasteiger partial charge in [-0.15, -0.1) is 0 Å². The number of aryl methyl sites for hydroxylation is 1. The average Bonchev–Trinajstić information content (AvgIpc) is 3.40. The van der Waals surface area contributed by atoms with Crippen molar-refractivity contribution < 1.29 is 5.11 Å². The summed E-state index contributed by atoms with van der Waals surface area (Å²) in [7, 11) is 0. The second-order valence-corrected chi connectivity index (χ2v) is 6.77. The molecule has 0 amide bonds. The van der Waals surface area contributed by atoms with Gasteiger partial charge in [-0.05, 0) is 25.8 Å². The smallest absolute Gasteiger partial charge is 0.203 e. The molecular weight excluding hydrogens is 312 g/mol. The predicted molar refractivity (Wildman–Crippen MR) is 99.6 cm³/mol. The number of pyridine rings is 2. The average molecular weight is 330 g/mol. The molecule has 0 bridgehead atoms. The number of hydrogen-bond acceptors (Lipinski definition) is 4. The number of aromatic hydroxyl groups is 1. The van der Waals surface area contributed by atoms with E-state index in [4.69, 9.17) is 10.7 Å². The molecule has 0 aliphatic heterocycles. The van der Waals surface area contributed by atoms with Crippen molar-refractivity contribution in [3.8, 4) is 17.0 Å². The van der Waals surface area contributed by atoms with Gasteiger partial charge in [-0.3, -0.25) is 4.98 Å². The van der Waals surface area contributed by atoms with E-state index in [9.17, 15) is 5.11 Å². The van der Waals surface area contributed by atoms with Crippen LogP contribution in [0.5, 0.6) is 5.88 Å². The monoisotopic (exact) mass is 330 g/mol. The van der Waals surface area contributed by atoms with Crippen LogP contribution < -0.4 is 5.73 Å². The molecule has 5 nitrogen and oxygen atoms in total. The van der Waals surface area contributed by atoms with E-state index < -0.39 is 0 Å². The van der Waals surface area contributed by atoms with Crippen LogP contribution in [0.1, 0.15) is 24.6 Å². The van der Waals surface area contributed by atoms with Crippen LogP contribution in [0.4, 0.5) is 5.69 Å². The Morgan fingerprint density at radius 3 is 2.76 bits per heavy atom. The lowest BCUT2D eigenvalue weighted by Gasteiger charge is -2.09. The van der Waals surface area contributed by atoms with Crippen molar-refractivity contribution in [1.82, 2.24) is 14.5 Å². The van der Waals surface area contributed by atoms with Crippen LogP contribution in [0, 0.1) is 6.92 Å². The predicted octanol–water partition coefficient (Wildman–Crippen LogP) is 4.18. The Hall–Kier alpha value is -3.08. The van der Waals surface area contributed by atoms with Crippen molar-refractivity contribution in [1.29, 1.82) is 0 Å². The molecule has 0 saturated heterocycles. The van der Waals surface area contributed by atoms with E-state index in [2.05, 4.69) is 4.98 Å². The number of anilines is 1. The number of aromatic nitrogens is 3. The third kappa shape index (κ3) is 2.09. The zero-order chi connectivity index (χ0) is 17.1. The van der Waals surface area contributed by atoms with Gasteiger partial charge in [0.15, 0.2) is 0 Å². The van der Waals surface area contributed by atoms with Crippen LogP contribution in [0.15, 0.2) is 42.7 Å². The molecule has 3 N–H and O–H groups in total. The van der Waals surface area contributed by atoms with Crippen LogP contribution >= 0.6 is 0 Å². The number of nitrogen functional groups attached to an aromatic ring is 1. The zero-order valence-corrected chi connectivity index (χ0v) is 13.9. The third-order valence-corrected chi connectivity index (χ3v) is 4.98. The molecule has 0 unspecified atom stereocenters. The quantitative estimate of drug-likeness (QED) is 0.578. The summed E-state index contributed by atoms with van der Waals surface area (Å²) in [5.74, 6) is 0.229. The summed E-state index contributed by atoms with van der Waals surface area (Å²) in [5, 5.41) is 12.1. The molecule has 124 valence electrons. The lowest BCUT2D eigenvalue weighted by molar-refractivity contribution is 0.424. The van der Waals surface area contributed by atoms with Crippen molar-refractivity contribution in [2.45, 2.75) is 25.8 Å². The molecule has 1 saturated carbocycles. The zero-order valence-electron chi connectivity index (χ0n) is 13.9. The third-order valence-electron chi connectivity index (χ3n) is 4.98. The number of hydrogen-bond donors (Lipinski definition) is 2. The van der Waals surface area contributed by atoms with Gasteiger partial charge in [-0.1, -0.05) is 24.3 Å². The van der Waals surface area contributed by atoms with Gasteiger partial charge in [0.25, 0.3) is 0 Å². The Morgan fingerprint density at radius 1 is 1.20 bits per heavy atom. The molecule has 25 heavy (non-hydrogen) atoms. The highest BCUT2D eigenvalue weighted by Gasteiger charge is 2.28. The highest BCUT2D eigenvalue weighted by Crippen LogP contribution is 2.44. The fourth-order valence-corrected chi connectivity index (χ4v) is 3.47. The summed E-state index contributed by atoms with van der Waals surface area (Å²) in [6.45, 7) is 1.97. The highest BCUT2D eigenvalue weighted by molar-refractivity contribution is 6.12. The number of fused-ring (bicyclic) bond motifs is 2. The van der Waals surface area contributed by atoms with Gasteiger partial charge in [0, 0.05) is 40.6 Å².